The van der Waals surface area contributed by atoms with E-state index >= 15 is 0 Å². The lowest BCUT2D eigenvalue weighted by molar-refractivity contribution is -0.274. The van der Waals surface area contributed by atoms with E-state index in [2.05, 4.69) is 25.1 Å². The van der Waals surface area contributed by atoms with Crippen LogP contribution in [0, 0.1) is 13.8 Å². The molecule has 2 heterocycles. The van der Waals surface area contributed by atoms with Gasteiger partial charge in [-0.25, -0.2) is 14.5 Å². The summed E-state index contributed by atoms with van der Waals surface area (Å²) >= 11 is 1.23. The summed E-state index contributed by atoms with van der Waals surface area (Å²) in [5.74, 6) is 0.172. The van der Waals surface area contributed by atoms with Crippen LogP contribution >= 0.6 is 11.8 Å². The van der Waals surface area contributed by atoms with Gasteiger partial charge in [-0.3, -0.25) is 9.69 Å². The number of aryl methyl sites for hydroxylation is 2. The molecule has 5 rings (SSSR count). The van der Waals surface area contributed by atoms with Crippen LogP contribution in [0.4, 0.5) is 23.7 Å². The topological polar surface area (TPSA) is 102 Å². The van der Waals surface area contributed by atoms with Crippen LogP contribution in [-0.4, -0.2) is 44.0 Å². The van der Waals surface area contributed by atoms with Crippen molar-refractivity contribution in [2.75, 3.05) is 10.7 Å². The number of rotatable bonds is 7. The number of amides is 3. The summed E-state index contributed by atoms with van der Waals surface area (Å²) < 4.78 is 42.6. The number of nitrogens with one attached hydrogen (secondary N) is 1. The summed E-state index contributed by atoms with van der Waals surface area (Å²) in [5.41, 5.74) is 4.66. The summed E-state index contributed by atoms with van der Waals surface area (Å²) in [4.78, 5) is 35.8. The fourth-order valence-electron chi connectivity index (χ4n) is 4.70. The first-order valence-electron chi connectivity index (χ1n) is 13.3. The zero-order valence-corrected chi connectivity index (χ0v) is 24.2. The van der Waals surface area contributed by atoms with Crippen molar-refractivity contribution >= 4 is 34.6 Å². The predicted molar refractivity (Wildman–Crippen MR) is 158 cm³/mol. The fourth-order valence-corrected chi connectivity index (χ4v) is 5.55. The van der Waals surface area contributed by atoms with E-state index in [9.17, 15) is 22.8 Å². The SMILES string of the molecule is CCC(NC(=O)N=C1SCC(=O)N1c1c(C)cccc1C)c1ccc(-c2ncn(-c3ccc(OC(F)(F)F)cc3)n2)cc1. The Kier molecular flexibility index (Phi) is 8.53. The molecule has 1 saturated heterocycles. The zero-order chi connectivity index (χ0) is 30.7. The van der Waals surface area contributed by atoms with Gasteiger partial charge in [-0.2, -0.15) is 4.99 Å². The Morgan fingerprint density at radius 1 is 1.07 bits per heavy atom. The lowest BCUT2D eigenvalue weighted by atomic mass is 10.0. The van der Waals surface area contributed by atoms with E-state index in [1.165, 1.54) is 51.9 Å². The number of thioether (sulfide) groups is 1. The minimum Gasteiger partial charge on any atom is -0.406 e. The molecule has 3 aromatic carbocycles. The van der Waals surface area contributed by atoms with Crippen LogP contribution < -0.4 is 15.0 Å². The zero-order valence-electron chi connectivity index (χ0n) is 23.4. The van der Waals surface area contributed by atoms with Crippen LogP contribution in [0.25, 0.3) is 17.1 Å². The first-order valence-corrected chi connectivity index (χ1v) is 14.3. The average Bonchev–Trinajstić information content (AvgIpc) is 3.59. The number of hydrogen-bond donors (Lipinski definition) is 1. The molecule has 43 heavy (non-hydrogen) atoms. The van der Waals surface area contributed by atoms with E-state index in [0.29, 0.717) is 28.7 Å². The Morgan fingerprint density at radius 2 is 1.74 bits per heavy atom. The molecule has 0 radical (unpaired) electrons. The van der Waals surface area contributed by atoms with Crippen molar-refractivity contribution in [1.29, 1.82) is 0 Å². The van der Waals surface area contributed by atoms with Gasteiger partial charge < -0.3 is 10.1 Å². The molecule has 1 atom stereocenters. The maximum Gasteiger partial charge on any atom is 0.573 e. The van der Waals surface area contributed by atoms with Gasteiger partial charge in [0.1, 0.15) is 12.1 Å². The molecule has 9 nitrogen and oxygen atoms in total. The van der Waals surface area contributed by atoms with Crippen LogP contribution in [0.3, 0.4) is 0 Å². The highest BCUT2D eigenvalue weighted by Gasteiger charge is 2.33. The van der Waals surface area contributed by atoms with Crippen molar-refractivity contribution in [1.82, 2.24) is 20.1 Å². The van der Waals surface area contributed by atoms with Crippen LogP contribution in [-0.2, 0) is 4.79 Å². The van der Waals surface area contributed by atoms with E-state index in [4.69, 9.17) is 0 Å². The van der Waals surface area contributed by atoms with Gasteiger partial charge in [-0.05, 0) is 61.2 Å². The lowest BCUT2D eigenvalue weighted by Gasteiger charge is -2.21. The molecule has 0 bridgehead atoms. The molecule has 4 aromatic rings. The number of aromatic nitrogens is 3. The Labute approximate surface area is 249 Å². The predicted octanol–water partition coefficient (Wildman–Crippen LogP) is 6.75. The Bertz CT molecular complexity index is 1650. The smallest absolute Gasteiger partial charge is 0.406 e. The summed E-state index contributed by atoms with van der Waals surface area (Å²) in [7, 11) is 0. The molecule has 13 heteroatoms. The number of amidine groups is 1. The monoisotopic (exact) mass is 608 g/mol. The van der Waals surface area contributed by atoms with Crippen LogP contribution in [0.2, 0.25) is 0 Å². The average molecular weight is 609 g/mol. The number of halogens is 3. The second-order valence-corrected chi connectivity index (χ2v) is 10.7. The molecule has 1 N–H and O–H groups in total. The number of benzene rings is 3. The summed E-state index contributed by atoms with van der Waals surface area (Å²) in [6.45, 7) is 5.78. The lowest BCUT2D eigenvalue weighted by Crippen LogP contribution is -2.33. The van der Waals surface area contributed by atoms with Gasteiger partial charge in [0.15, 0.2) is 11.0 Å². The third kappa shape index (κ3) is 6.88. The maximum absolute atomic E-state index is 13.0. The molecule has 222 valence electrons. The van der Waals surface area contributed by atoms with E-state index < -0.39 is 12.4 Å². The van der Waals surface area contributed by atoms with E-state index in [1.54, 1.807) is 0 Å². The van der Waals surface area contributed by atoms with Crippen molar-refractivity contribution < 1.29 is 27.5 Å². The molecule has 1 fully saturated rings. The molecular formula is C30H27F3N6O3S. The number of anilines is 1. The van der Waals surface area contributed by atoms with Crippen molar-refractivity contribution in [3.05, 3.63) is 89.7 Å². The van der Waals surface area contributed by atoms with Crippen LogP contribution in [0.1, 0.15) is 36.1 Å². The molecule has 0 spiro atoms. The quantitative estimate of drug-likeness (QED) is 0.249. The van der Waals surface area contributed by atoms with Gasteiger partial charge >= 0.3 is 12.4 Å². The summed E-state index contributed by atoms with van der Waals surface area (Å²) in [6, 6.07) is 17.5. The molecule has 1 unspecified atom stereocenters. The van der Waals surface area contributed by atoms with Gasteiger partial charge in [0.05, 0.1) is 23.2 Å². The number of hydrogen-bond acceptors (Lipinski definition) is 6. The number of ether oxygens (including phenoxy) is 1. The number of carbonyl (C=O) groups excluding carboxylic acids is 2. The van der Waals surface area contributed by atoms with Gasteiger partial charge in [0, 0.05) is 5.56 Å². The highest BCUT2D eigenvalue weighted by molar-refractivity contribution is 8.15. The second kappa shape index (κ2) is 12.3. The number of aliphatic imine (C=N–C) groups is 1. The van der Waals surface area contributed by atoms with Gasteiger partial charge in [-0.15, -0.1) is 18.3 Å². The van der Waals surface area contributed by atoms with Crippen molar-refractivity contribution in [3.63, 3.8) is 0 Å². The Balaban J connectivity index is 1.27. The van der Waals surface area contributed by atoms with E-state index in [1.807, 2.05) is 63.2 Å². The Morgan fingerprint density at radius 3 is 2.37 bits per heavy atom. The molecule has 0 aliphatic carbocycles. The molecule has 1 aliphatic rings. The number of carbonyl (C=O) groups is 2. The Hall–Kier alpha value is -4.65. The normalized spacial score (nSPS) is 15.2. The molecular weight excluding hydrogens is 581 g/mol. The number of urea groups is 1. The minimum absolute atomic E-state index is 0.125. The first-order chi connectivity index (χ1) is 20.5. The van der Waals surface area contributed by atoms with Gasteiger partial charge in [-0.1, -0.05) is 61.2 Å². The van der Waals surface area contributed by atoms with Gasteiger partial charge in [0.2, 0.25) is 5.91 Å². The van der Waals surface area contributed by atoms with Crippen LogP contribution in [0.15, 0.2) is 78.0 Å². The first kappa shape index (κ1) is 29.8. The third-order valence-corrected chi connectivity index (χ3v) is 7.65. The fraction of sp³-hybridized carbons (Fsp3) is 0.233. The van der Waals surface area contributed by atoms with E-state index in [0.717, 1.165) is 22.4 Å². The second-order valence-electron chi connectivity index (χ2n) is 9.74. The molecule has 0 saturated carbocycles. The number of para-hydroxylation sites is 1. The number of nitrogens with zero attached hydrogens (tertiary/aromatic N) is 5. The van der Waals surface area contributed by atoms with Crippen LogP contribution in [0.5, 0.6) is 5.75 Å². The number of alkyl halides is 3. The highest BCUT2D eigenvalue weighted by atomic mass is 32.2. The van der Waals surface area contributed by atoms with Gasteiger partial charge in [0.25, 0.3) is 0 Å². The molecule has 3 amide bonds. The minimum atomic E-state index is -4.77. The standard InChI is InChI=1S/C30H27F3N6O3S/c1-4-24(35-28(41)36-29-39(25(40)16-43-29)26-18(2)6-5-7-19(26)3)20-8-10-21(11-9-20)27-34-17-38(37-27)22-12-14-23(15-13-22)42-30(31,32)33/h5-15,17,24H,4,16H2,1-3H3,(H,35,41). The maximum atomic E-state index is 13.0. The highest BCUT2D eigenvalue weighted by Crippen LogP contribution is 2.32. The van der Waals surface area contributed by atoms with Crippen molar-refractivity contribution in [3.8, 4) is 22.8 Å². The summed E-state index contributed by atoms with van der Waals surface area (Å²) in [6.07, 6.45) is -2.70. The third-order valence-electron chi connectivity index (χ3n) is 6.73. The molecule has 1 aromatic heterocycles. The summed E-state index contributed by atoms with van der Waals surface area (Å²) in [5, 5.41) is 7.70. The molecule has 1 aliphatic heterocycles. The van der Waals surface area contributed by atoms with Crippen molar-refractivity contribution in [2.24, 2.45) is 4.99 Å². The van der Waals surface area contributed by atoms with E-state index in [-0.39, 0.29) is 23.5 Å². The van der Waals surface area contributed by atoms with Crippen molar-refractivity contribution in [2.45, 2.75) is 39.6 Å². The largest absolute Gasteiger partial charge is 0.573 e.